The molecule has 2 saturated heterocycles. The molecule has 0 bridgehead atoms. The van der Waals surface area contributed by atoms with Gasteiger partial charge >= 0.3 is 6.03 Å². The third kappa shape index (κ3) is 5.14. The fourth-order valence-corrected chi connectivity index (χ4v) is 4.12. The molecule has 4 rings (SSSR count). The molecule has 2 aromatic carbocycles. The molecule has 32 heavy (non-hydrogen) atoms. The van der Waals surface area contributed by atoms with Crippen LogP contribution in [-0.2, 0) is 20.8 Å². The second kappa shape index (κ2) is 9.64. The molecule has 0 spiro atoms. The van der Waals surface area contributed by atoms with Crippen LogP contribution in [0.4, 0.5) is 4.79 Å². The number of carbonyl (C=O) groups is 4. The van der Waals surface area contributed by atoms with Crippen molar-refractivity contribution < 1.29 is 19.2 Å². The SMILES string of the molecule is O=C1NC(=O)[C@@H](CCC(=O)N2CCNC(=O)[C@H](Cc3ccc(-c4ccccc4)cc3)C2)N1. The highest BCUT2D eigenvalue weighted by molar-refractivity contribution is 6.04. The summed E-state index contributed by atoms with van der Waals surface area (Å²) < 4.78 is 0. The number of hydrogen-bond donors (Lipinski definition) is 3. The first-order valence-electron chi connectivity index (χ1n) is 10.8. The summed E-state index contributed by atoms with van der Waals surface area (Å²) in [5, 5.41) is 7.56. The molecule has 2 atom stereocenters. The van der Waals surface area contributed by atoms with Gasteiger partial charge in [0.25, 0.3) is 5.91 Å². The number of nitrogens with zero attached hydrogens (tertiary/aromatic N) is 1. The lowest BCUT2D eigenvalue weighted by Crippen LogP contribution is -2.38. The van der Waals surface area contributed by atoms with Crippen LogP contribution in [0, 0.1) is 5.92 Å². The summed E-state index contributed by atoms with van der Waals surface area (Å²) in [5.41, 5.74) is 3.28. The maximum atomic E-state index is 12.7. The van der Waals surface area contributed by atoms with E-state index in [2.05, 4.69) is 28.1 Å². The average molecular weight is 434 g/mol. The molecule has 0 aromatic heterocycles. The Bertz CT molecular complexity index is 1010. The zero-order valence-corrected chi connectivity index (χ0v) is 17.7. The van der Waals surface area contributed by atoms with Crippen molar-refractivity contribution in [1.29, 1.82) is 0 Å². The number of urea groups is 1. The molecule has 0 aliphatic carbocycles. The summed E-state index contributed by atoms with van der Waals surface area (Å²) in [6, 6.07) is 17.0. The van der Waals surface area contributed by atoms with E-state index in [9.17, 15) is 19.2 Å². The second-order valence-corrected chi connectivity index (χ2v) is 8.15. The number of rotatable bonds is 6. The van der Waals surface area contributed by atoms with Gasteiger partial charge in [-0.05, 0) is 29.5 Å². The van der Waals surface area contributed by atoms with Gasteiger partial charge in [-0.1, -0.05) is 54.6 Å². The third-order valence-electron chi connectivity index (χ3n) is 5.89. The van der Waals surface area contributed by atoms with Gasteiger partial charge in [0.15, 0.2) is 0 Å². The van der Waals surface area contributed by atoms with E-state index >= 15 is 0 Å². The van der Waals surface area contributed by atoms with E-state index in [1.54, 1.807) is 4.90 Å². The van der Waals surface area contributed by atoms with Gasteiger partial charge in [0.2, 0.25) is 11.8 Å². The normalized spacial score (nSPS) is 20.9. The Morgan fingerprint density at radius 1 is 0.938 bits per heavy atom. The average Bonchev–Trinajstić information content (AvgIpc) is 3.01. The molecule has 2 aliphatic heterocycles. The summed E-state index contributed by atoms with van der Waals surface area (Å²) in [6.07, 6.45) is 0.900. The first-order chi connectivity index (χ1) is 15.5. The minimum Gasteiger partial charge on any atom is -0.354 e. The summed E-state index contributed by atoms with van der Waals surface area (Å²) in [7, 11) is 0. The number of amides is 5. The molecule has 2 aromatic rings. The largest absolute Gasteiger partial charge is 0.354 e. The number of hydrogen-bond acceptors (Lipinski definition) is 4. The highest BCUT2D eigenvalue weighted by Crippen LogP contribution is 2.21. The van der Waals surface area contributed by atoms with Crippen LogP contribution in [0.1, 0.15) is 18.4 Å². The Hall–Kier alpha value is -3.68. The molecule has 5 amide bonds. The minimum atomic E-state index is -0.683. The molecule has 2 fully saturated rings. The van der Waals surface area contributed by atoms with Crippen LogP contribution in [0.3, 0.4) is 0 Å². The van der Waals surface area contributed by atoms with Crippen molar-refractivity contribution in [3.05, 3.63) is 60.2 Å². The maximum absolute atomic E-state index is 12.7. The van der Waals surface area contributed by atoms with Gasteiger partial charge in [-0.2, -0.15) is 0 Å². The van der Waals surface area contributed by atoms with E-state index in [1.807, 2.05) is 42.5 Å². The van der Waals surface area contributed by atoms with E-state index in [-0.39, 0.29) is 30.6 Å². The molecule has 2 aliphatic rings. The van der Waals surface area contributed by atoms with Crippen LogP contribution in [0.25, 0.3) is 11.1 Å². The van der Waals surface area contributed by atoms with Gasteiger partial charge in [0.05, 0.1) is 5.92 Å². The molecule has 3 N–H and O–H groups in total. The highest BCUT2D eigenvalue weighted by atomic mass is 16.2. The third-order valence-corrected chi connectivity index (χ3v) is 5.89. The summed E-state index contributed by atoms with van der Waals surface area (Å²) in [6.45, 7) is 1.15. The maximum Gasteiger partial charge on any atom is 0.322 e. The van der Waals surface area contributed by atoms with Gasteiger partial charge in [-0.25, -0.2) is 4.79 Å². The number of imide groups is 1. The molecule has 8 heteroatoms. The molecule has 0 saturated carbocycles. The standard InChI is InChI=1S/C24H26N4O4/c29-21(11-10-20-23(31)27-24(32)26-20)28-13-12-25-22(30)19(15-28)14-16-6-8-18(9-7-16)17-4-2-1-3-5-17/h1-9,19-20H,10-15H2,(H,25,30)(H2,26,27,31,32)/t19-,20-/m1/s1. The lowest BCUT2D eigenvalue weighted by Gasteiger charge is -2.23. The van der Waals surface area contributed by atoms with Crippen molar-refractivity contribution in [2.75, 3.05) is 19.6 Å². The summed E-state index contributed by atoms with van der Waals surface area (Å²) >= 11 is 0. The van der Waals surface area contributed by atoms with Crippen LogP contribution < -0.4 is 16.0 Å². The van der Waals surface area contributed by atoms with Crippen molar-refractivity contribution in [3.63, 3.8) is 0 Å². The second-order valence-electron chi connectivity index (χ2n) is 8.15. The topological polar surface area (TPSA) is 108 Å². The fraction of sp³-hybridized carbons (Fsp3) is 0.333. The summed E-state index contributed by atoms with van der Waals surface area (Å²) in [5.74, 6) is -0.944. The van der Waals surface area contributed by atoms with E-state index < -0.39 is 18.0 Å². The van der Waals surface area contributed by atoms with Crippen molar-refractivity contribution >= 4 is 23.8 Å². The van der Waals surface area contributed by atoms with E-state index in [0.29, 0.717) is 26.1 Å². The first kappa shape index (κ1) is 21.5. The monoisotopic (exact) mass is 434 g/mol. The Morgan fingerprint density at radius 2 is 1.66 bits per heavy atom. The molecular formula is C24H26N4O4. The first-order valence-corrected chi connectivity index (χ1v) is 10.8. The molecule has 0 radical (unpaired) electrons. The highest BCUT2D eigenvalue weighted by Gasteiger charge is 2.32. The van der Waals surface area contributed by atoms with Crippen molar-refractivity contribution in [3.8, 4) is 11.1 Å². The molecule has 8 nitrogen and oxygen atoms in total. The zero-order chi connectivity index (χ0) is 22.5. The quantitative estimate of drug-likeness (QED) is 0.598. The van der Waals surface area contributed by atoms with Crippen LogP contribution >= 0.6 is 0 Å². The molecule has 166 valence electrons. The van der Waals surface area contributed by atoms with Gasteiger partial charge in [0.1, 0.15) is 6.04 Å². The fourth-order valence-electron chi connectivity index (χ4n) is 4.12. The van der Waals surface area contributed by atoms with Crippen LogP contribution in [0.15, 0.2) is 54.6 Å². The zero-order valence-electron chi connectivity index (χ0n) is 17.7. The van der Waals surface area contributed by atoms with E-state index in [1.165, 1.54) is 0 Å². The number of nitrogens with one attached hydrogen (secondary N) is 3. The van der Waals surface area contributed by atoms with Gasteiger partial charge in [0, 0.05) is 26.1 Å². The van der Waals surface area contributed by atoms with Crippen LogP contribution in [0.5, 0.6) is 0 Å². The Labute approximate surface area is 186 Å². The van der Waals surface area contributed by atoms with Crippen LogP contribution in [0.2, 0.25) is 0 Å². The molecule has 0 unspecified atom stereocenters. The van der Waals surface area contributed by atoms with Gasteiger partial charge in [-0.15, -0.1) is 0 Å². The molecule has 2 heterocycles. The Balaban J connectivity index is 1.36. The number of benzene rings is 2. The lowest BCUT2D eigenvalue weighted by atomic mass is 9.96. The van der Waals surface area contributed by atoms with Crippen molar-refractivity contribution in [2.24, 2.45) is 5.92 Å². The molecular weight excluding hydrogens is 408 g/mol. The number of carbonyl (C=O) groups excluding carboxylic acids is 4. The summed E-state index contributed by atoms with van der Waals surface area (Å²) in [4.78, 5) is 49.9. The van der Waals surface area contributed by atoms with Crippen LogP contribution in [-0.4, -0.2) is 54.3 Å². The predicted molar refractivity (Wildman–Crippen MR) is 118 cm³/mol. The van der Waals surface area contributed by atoms with E-state index in [0.717, 1.165) is 16.7 Å². The smallest absolute Gasteiger partial charge is 0.322 e. The Morgan fingerprint density at radius 3 is 2.34 bits per heavy atom. The lowest BCUT2D eigenvalue weighted by molar-refractivity contribution is -0.132. The van der Waals surface area contributed by atoms with Crippen molar-refractivity contribution in [1.82, 2.24) is 20.9 Å². The van der Waals surface area contributed by atoms with E-state index in [4.69, 9.17) is 0 Å². The predicted octanol–water partition coefficient (Wildman–Crippen LogP) is 1.46. The Kier molecular flexibility index (Phi) is 6.49. The van der Waals surface area contributed by atoms with Gasteiger partial charge in [-0.3, -0.25) is 19.7 Å². The van der Waals surface area contributed by atoms with Crippen molar-refractivity contribution in [2.45, 2.75) is 25.3 Å². The van der Waals surface area contributed by atoms with Gasteiger partial charge < -0.3 is 15.5 Å². The minimum absolute atomic E-state index is 0.0603.